The first-order valence-corrected chi connectivity index (χ1v) is 8.24. The van der Waals surface area contributed by atoms with Crippen LogP contribution < -0.4 is 5.32 Å². The summed E-state index contributed by atoms with van der Waals surface area (Å²) in [6.45, 7) is 3.56. The molecule has 0 aromatic heterocycles. The third kappa shape index (κ3) is 4.87. The van der Waals surface area contributed by atoms with E-state index in [2.05, 4.69) is 15.2 Å². The average molecular weight is 462 g/mol. The third-order valence-electron chi connectivity index (χ3n) is 5.14. The van der Waals surface area contributed by atoms with Crippen molar-refractivity contribution in [3.05, 3.63) is 0 Å². The van der Waals surface area contributed by atoms with Gasteiger partial charge in [0.2, 0.25) is 0 Å². The van der Waals surface area contributed by atoms with Gasteiger partial charge in [-0.3, -0.25) is 9.89 Å². The van der Waals surface area contributed by atoms with E-state index in [4.69, 9.17) is 4.74 Å². The van der Waals surface area contributed by atoms with Gasteiger partial charge in [-0.1, -0.05) is 0 Å². The molecule has 0 amide bonds. The second-order valence-corrected chi connectivity index (χ2v) is 7.00. The van der Waals surface area contributed by atoms with Crippen LogP contribution in [0.15, 0.2) is 4.99 Å². The van der Waals surface area contributed by atoms with Crippen LogP contribution in [0.3, 0.4) is 0 Å². The van der Waals surface area contributed by atoms with Gasteiger partial charge >= 0.3 is 6.18 Å². The van der Waals surface area contributed by atoms with Crippen LogP contribution in [0.2, 0.25) is 0 Å². The quantitative estimate of drug-likeness (QED) is 0.387. The van der Waals surface area contributed by atoms with E-state index in [0.717, 1.165) is 51.5 Å². The number of aliphatic imine (C=N–C) groups is 1. The maximum atomic E-state index is 12.5. The van der Waals surface area contributed by atoms with E-state index in [1.807, 2.05) is 0 Å². The molecule has 0 radical (unpaired) electrons. The molecule has 5 nitrogen and oxygen atoms in total. The number of nitrogens with one attached hydrogen (secondary N) is 1. The van der Waals surface area contributed by atoms with Gasteiger partial charge in [-0.05, 0) is 19.3 Å². The predicted molar refractivity (Wildman–Crippen MR) is 96.9 cm³/mol. The maximum absolute atomic E-state index is 12.5. The fourth-order valence-electron chi connectivity index (χ4n) is 3.91. The van der Waals surface area contributed by atoms with Crippen molar-refractivity contribution in [2.75, 3.05) is 53.0 Å². The first-order chi connectivity index (χ1) is 10.9. The Morgan fingerprint density at radius 1 is 1.33 bits per heavy atom. The molecule has 2 atom stereocenters. The fourth-order valence-corrected chi connectivity index (χ4v) is 3.91. The van der Waals surface area contributed by atoms with Crippen LogP contribution in [0, 0.1) is 5.41 Å². The summed E-state index contributed by atoms with van der Waals surface area (Å²) in [6, 6.07) is 0.0347. The molecule has 2 unspecified atom stereocenters. The van der Waals surface area contributed by atoms with E-state index in [1.54, 1.807) is 7.05 Å². The molecule has 1 N–H and O–H groups in total. The lowest BCUT2D eigenvalue weighted by molar-refractivity contribution is -0.143. The minimum Gasteiger partial charge on any atom is -0.381 e. The van der Waals surface area contributed by atoms with Crippen molar-refractivity contribution >= 4 is 29.9 Å². The molecule has 3 saturated heterocycles. The smallest absolute Gasteiger partial charge is 0.381 e. The Kier molecular flexibility index (Phi) is 6.63. The zero-order valence-corrected chi connectivity index (χ0v) is 16.3. The summed E-state index contributed by atoms with van der Waals surface area (Å²) in [6.07, 6.45) is -1.22. The molecule has 140 valence electrons. The molecule has 9 heteroatoms. The normalized spacial score (nSPS) is 31.8. The minimum absolute atomic E-state index is 0. The molecule has 3 aliphatic rings. The molecule has 0 saturated carbocycles. The molecule has 0 aromatic rings. The van der Waals surface area contributed by atoms with E-state index < -0.39 is 12.7 Å². The SMILES string of the molecule is CN=C(NC1CCN(CC(F)(F)F)C1)N1CCC2(CCOC2)C1.I. The summed E-state index contributed by atoms with van der Waals surface area (Å²) in [4.78, 5) is 8.02. The first-order valence-electron chi connectivity index (χ1n) is 8.24. The maximum Gasteiger partial charge on any atom is 0.401 e. The van der Waals surface area contributed by atoms with Crippen LogP contribution in [-0.4, -0.2) is 81.0 Å². The van der Waals surface area contributed by atoms with Gasteiger partial charge in [0.05, 0.1) is 13.2 Å². The van der Waals surface area contributed by atoms with Crippen LogP contribution in [-0.2, 0) is 4.74 Å². The van der Waals surface area contributed by atoms with Gasteiger partial charge in [0.15, 0.2) is 5.96 Å². The molecule has 3 aliphatic heterocycles. The van der Waals surface area contributed by atoms with E-state index in [9.17, 15) is 13.2 Å². The van der Waals surface area contributed by atoms with E-state index in [-0.39, 0.29) is 35.4 Å². The number of hydrogen-bond donors (Lipinski definition) is 1. The molecular weight excluding hydrogens is 436 g/mol. The first kappa shape index (κ1) is 20.0. The average Bonchev–Trinajstić information content (AvgIpc) is 3.18. The number of guanidine groups is 1. The van der Waals surface area contributed by atoms with Gasteiger partial charge in [0.1, 0.15) is 0 Å². The second kappa shape index (κ2) is 7.94. The lowest BCUT2D eigenvalue weighted by Gasteiger charge is -2.27. The van der Waals surface area contributed by atoms with Crippen LogP contribution in [0.25, 0.3) is 0 Å². The molecule has 0 aromatic carbocycles. The van der Waals surface area contributed by atoms with Gasteiger partial charge in [0, 0.05) is 51.3 Å². The lowest BCUT2D eigenvalue weighted by atomic mass is 9.87. The van der Waals surface area contributed by atoms with Crippen molar-refractivity contribution in [2.24, 2.45) is 10.4 Å². The Labute approximate surface area is 158 Å². The highest BCUT2D eigenvalue weighted by Crippen LogP contribution is 2.38. The van der Waals surface area contributed by atoms with E-state index in [0.29, 0.717) is 13.1 Å². The van der Waals surface area contributed by atoms with Crippen molar-refractivity contribution in [3.63, 3.8) is 0 Å². The standard InChI is InChI=1S/C15H25F3N4O.HI/c1-19-13(22-6-3-14(9-22)4-7-23-11-14)20-12-2-5-21(8-12)10-15(16,17)18;/h12H,2-11H2,1H3,(H,19,20);1H. The Balaban J connectivity index is 0.00000208. The molecule has 0 bridgehead atoms. The second-order valence-electron chi connectivity index (χ2n) is 7.00. The van der Waals surface area contributed by atoms with Gasteiger partial charge in [-0.2, -0.15) is 13.2 Å². The van der Waals surface area contributed by atoms with Gasteiger partial charge in [-0.15, -0.1) is 24.0 Å². The summed E-state index contributed by atoms with van der Waals surface area (Å²) in [5.41, 5.74) is 0.246. The van der Waals surface area contributed by atoms with Crippen LogP contribution >= 0.6 is 24.0 Å². The molecule has 0 aliphatic carbocycles. The van der Waals surface area contributed by atoms with Gasteiger partial charge in [-0.25, -0.2) is 0 Å². The number of halogens is 4. The van der Waals surface area contributed by atoms with Crippen molar-refractivity contribution in [3.8, 4) is 0 Å². The topological polar surface area (TPSA) is 40.1 Å². The number of likely N-dealkylation sites (tertiary alicyclic amines) is 2. The van der Waals surface area contributed by atoms with Crippen LogP contribution in [0.1, 0.15) is 19.3 Å². The van der Waals surface area contributed by atoms with E-state index >= 15 is 0 Å². The Hall–Kier alpha value is -0.290. The molecular formula is C15H26F3IN4O. The number of hydrogen-bond acceptors (Lipinski definition) is 3. The third-order valence-corrected chi connectivity index (χ3v) is 5.14. The molecule has 3 fully saturated rings. The lowest BCUT2D eigenvalue weighted by Crippen LogP contribution is -2.47. The van der Waals surface area contributed by atoms with Crippen molar-refractivity contribution in [1.82, 2.24) is 15.1 Å². The number of rotatable bonds is 2. The summed E-state index contributed by atoms with van der Waals surface area (Å²) in [7, 11) is 1.74. The highest BCUT2D eigenvalue weighted by Gasteiger charge is 2.42. The number of nitrogens with zero attached hydrogens (tertiary/aromatic N) is 3. The van der Waals surface area contributed by atoms with Gasteiger partial charge in [0.25, 0.3) is 0 Å². The summed E-state index contributed by atoms with van der Waals surface area (Å²) in [5.74, 6) is 0.813. The van der Waals surface area contributed by atoms with Crippen molar-refractivity contribution in [1.29, 1.82) is 0 Å². The number of ether oxygens (including phenoxy) is 1. The highest BCUT2D eigenvalue weighted by atomic mass is 127. The van der Waals surface area contributed by atoms with E-state index in [1.165, 1.54) is 4.90 Å². The molecule has 1 spiro atoms. The van der Waals surface area contributed by atoms with Crippen LogP contribution in [0.5, 0.6) is 0 Å². The fraction of sp³-hybridized carbons (Fsp3) is 0.933. The monoisotopic (exact) mass is 462 g/mol. The Bertz CT molecular complexity index is 454. The summed E-state index contributed by atoms with van der Waals surface area (Å²) >= 11 is 0. The minimum atomic E-state index is -4.12. The van der Waals surface area contributed by atoms with Crippen LogP contribution in [0.4, 0.5) is 13.2 Å². The van der Waals surface area contributed by atoms with Crippen molar-refractivity contribution in [2.45, 2.75) is 31.5 Å². The largest absolute Gasteiger partial charge is 0.401 e. The summed E-state index contributed by atoms with van der Waals surface area (Å²) < 4.78 is 43.0. The molecule has 3 heterocycles. The predicted octanol–water partition coefficient (Wildman–Crippen LogP) is 1.93. The summed E-state index contributed by atoms with van der Waals surface area (Å²) in [5, 5.41) is 3.36. The molecule has 3 rings (SSSR count). The zero-order chi connectivity index (χ0) is 16.5. The Morgan fingerprint density at radius 2 is 2.12 bits per heavy atom. The Morgan fingerprint density at radius 3 is 2.75 bits per heavy atom. The van der Waals surface area contributed by atoms with Gasteiger partial charge < -0.3 is 15.0 Å². The zero-order valence-electron chi connectivity index (χ0n) is 13.9. The highest BCUT2D eigenvalue weighted by molar-refractivity contribution is 14.0. The number of alkyl halides is 3. The van der Waals surface area contributed by atoms with Crippen molar-refractivity contribution < 1.29 is 17.9 Å². The molecule has 24 heavy (non-hydrogen) atoms.